The Morgan fingerprint density at radius 3 is 2.00 bits per heavy atom. The molecule has 0 aliphatic heterocycles. The monoisotopic (exact) mass is 303 g/mol. The van der Waals surface area contributed by atoms with E-state index in [2.05, 4.69) is 0 Å². The molecule has 0 aromatic heterocycles. The lowest BCUT2D eigenvalue weighted by molar-refractivity contribution is -0.144. The fourth-order valence-corrected chi connectivity index (χ4v) is 1.85. The van der Waals surface area contributed by atoms with Crippen LogP contribution in [0.15, 0.2) is 12.1 Å². The first-order chi connectivity index (χ1) is 8.98. The van der Waals surface area contributed by atoms with E-state index < -0.39 is 40.9 Å². The maximum atomic E-state index is 13.7. The predicted octanol–water partition coefficient (Wildman–Crippen LogP) is 4.66. The zero-order chi connectivity index (χ0) is 15.7. The summed E-state index contributed by atoms with van der Waals surface area (Å²) in [6.07, 6.45) is -9.76. The lowest BCUT2D eigenvalue weighted by Crippen LogP contribution is -2.21. The van der Waals surface area contributed by atoms with E-state index in [-0.39, 0.29) is 18.6 Å². The second-order valence-electron chi connectivity index (χ2n) is 4.31. The highest BCUT2D eigenvalue weighted by Crippen LogP contribution is 2.40. The summed E-state index contributed by atoms with van der Waals surface area (Å²) in [5.74, 6) is -1.59. The van der Waals surface area contributed by atoms with Gasteiger partial charge in [0.1, 0.15) is 5.82 Å². The maximum Gasteiger partial charge on any atom is 0.416 e. The van der Waals surface area contributed by atoms with E-state index in [9.17, 15) is 30.7 Å². The SMILES string of the molecule is CCC[C@@H](N)c1c(F)cc(C(F)(F)F)cc1C(F)(F)F. The Balaban J connectivity index is 3.52. The van der Waals surface area contributed by atoms with Crippen molar-refractivity contribution in [3.63, 3.8) is 0 Å². The Bertz CT molecular complexity index is 476. The zero-order valence-corrected chi connectivity index (χ0v) is 10.4. The molecule has 114 valence electrons. The summed E-state index contributed by atoms with van der Waals surface area (Å²) in [6.45, 7) is 1.62. The maximum absolute atomic E-state index is 13.7. The molecule has 2 N–H and O–H groups in total. The second-order valence-corrected chi connectivity index (χ2v) is 4.31. The van der Waals surface area contributed by atoms with Crippen LogP contribution in [0.4, 0.5) is 30.7 Å². The third-order valence-corrected chi connectivity index (χ3v) is 2.73. The second kappa shape index (κ2) is 5.59. The average molecular weight is 303 g/mol. The molecule has 8 heteroatoms. The summed E-state index contributed by atoms with van der Waals surface area (Å²) in [7, 11) is 0. The summed E-state index contributed by atoms with van der Waals surface area (Å²) in [5.41, 5.74) is 1.16. The minimum absolute atomic E-state index is 0.0331. The van der Waals surface area contributed by atoms with E-state index in [1.165, 1.54) is 0 Å². The van der Waals surface area contributed by atoms with Gasteiger partial charge < -0.3 is 5.73 Å². The van der Waals surface area contributed by atoms with Gasteiger partial charge in [0.25, 0.3) is 0 Å². The molecule has 0 saturated heterocycles. The van der Waals surface area contributed by atoms with E-state index in [0.717, 1.165) is 0 Å². The average Bonchev–Trinajstić information content (AvgIpc) is 2.25. The fourth-order valence-electron chi connectivity index (χ4n) is 1.85. The molecule has 1 nitrogen and oxygen atoms in total. The summed E-state index contributed by atoms with van der Waals surface area (Å²) >= 11 is 0. The van der Waals surface area contributed by atoms with Crippen LogP contribution in [0.2, 0.25) is 0 Å². The van der Waals surface area contributed by atoms with E-state index in [4.69, 9.17) is 5.73 Å². The van der Waals surface area contributed by atoms with E-state index >= 15 is 0 Å². The first-order valence-electron chi connectivity index (χ1n) is 5.71. The summed E-state index contributed by atoms with van der Waals surface area (Å²) in [5, 5.41) is 0. The quantitative estimate of drug-likeness (QED) is 0.807. The minimum atomic E-state index is -5.11. The molecule has 0 amide bonds. The molecule has 0 radical (unpaired) electrons. The summed E-state index contributed by atoms with van der Waals surface area (Å²) < 4.78 is 89.4. The first-order valence-corrected chi connectivity index (χ1v) is 5.71. The highest BCUT2D eigenvalue weighted by atomic mass is 19.4. The van der Waals surface area contributed by atoms with Crippen LogP contribution in [0, 0.1) is 5.82 Å². The standard InChI is InChI=1S/C12H12F7N/c1-2-3-9(20)10-7(12(17,18)19)4-6(5-8(10)13)11(14,15)16/h4-5,9H,2-3,20H2,1H3/t9-/m1/s1. The highest BCUT2D eigenvalue weighted by Gasteiger charge is 2.40. The van der Waals surface area contributed by atoms with Gasteiger partial charge in [-0.1, -0.05) is 13.3 Å². The zero-order valence-electron chi connectivity index (χ0n) is 10.4. The van der Waals surface area contributed by atoms with Crippen molar-refractivity contribution in [1.82, 2.24) is 0 Å². The van der Waals surface area contributed by atoms with Crippen molar-refractivity contribution in [2.24, 2.45) is 5.73 Å². The molecule has 1 aromatic carbocycles. The van der Waals surface area contributed by atoms with Crippen LogP contribution in [0.5, 0.6) is 0 Å². The Hall–Kier alpha value is -1.31. The Morgan fingerprint density at radius 2 is 1.60 bits per heavy atom. The molecule has 0 fully saturated rings. The van der Waals surface area contributed by atoms with Crippen molar-refractivity contribution in [1.29, 1.82) is 0 Å². The number of halogens is 7. The van der Waals surface area contributed by atoms with Crippen molar-refractivity contribution in [2.75, 3.05) is 0 Å². The molecule has 0 unspecified atom stereocenters. The molecule has 0 aliphatic carbocycles. The molecule has 0 saturated carbocycles. The van der Waals surface area contributed by atoms with Gasteiger partial charge in [-0.2, -0.15) is 26.3 Å². The molecule has 0 heterocycles. The van der Waals surface area contributed by atoms with E-state index in [1.54, 1.807) is 6.92 Å². The van der Waals surface area contributed by atoms with Crippen molar-refractivity contribution < 1.29 is 30.7 Å². The van der Waals surface area contributed by atoms with Gasteiger partial charge in [-0.25, -0.2) is 4.39 Å². The molecule has 0 bridgehead atoms. The van der Waals surface area contributed by atoms with Gasteiger partial charge in [-0.3, -0.25) is 0 Å². The fraction of sp³-hybridized carbons (Fsp3) is 0.500. The van der Waals surface area contributed by atoms with Crippen LogP contribution < -0.4 is 5.73 Å². The number of hydrogen-bond acceptors (Lipinski definition) is 1. The topological polar surface area (TPSA) is 26.0 Å². The molecule has 0 spiro atoms. The van der Waals surface area contributed by atoms with Gasteiger partial charge in [0.15, 0.2) is 0 Å². The van der Waals surface area contributed by atoms with Gasteiger partial charge in [0.2, 0.25) is 0 Å². The third-order valence-electron chi connectivity index (χ3n) is 2.73. The van der Waals surface area contributed by atoms with Crippen molar-refractivity contribution in [3.8, 4) is 0 Å². The Labute approximate surface area is 110 Å². The number of benzene rings is 1. The van der Waals surface area contributed by atoms with Crippen LogP contribution >= 0.6 is 0 Å². The van der Waals surface area contributed by atoms with Crippen molar-refractivity contribution in [3.05, 3.63) is 34.6 Å². The van der Waals surface area contributed by atoms with Crippen LogP contribution in [0.3, 0.4) is 0 Å². The first kappa shape index (κ1) is 16.7. The van der Waals surface area contributed by atoms with Crippen LogP contribution in [-0.2, 0) is 12.4 Å². The molecule has 20 heavy (non-hydrogen) atoms. The number of hydrogen-bond donors (Lipinski definition) is 1. The number of alkyl halides is 6. The third kappa shape index (κ3) is 3.62. The Kier molecular flexibility index (Phi) is 4.68. The van der Waals surface area contributed by atoms with Gasteiger partial charge in [-0.15, -0.1) is 0 Å². The highest BCUT2D eigenvalue weighted by molar-refractivity contribution is 5.38. The van der Waals surface area contributed by atoms with Crippen molar-refractivity contribution >= 4 is 0 Å². The molecule has 1 aromatic rings. The van der Waals surface area contributed by atoms with Crippen LogP contribution in [0.25, 0.3) is 0 Å². The van der Waals surface area contributed by atoms with E-state index in [0.29, 0.717) is 6.42 Å². The molecular weight excluding hydrogens is 291 g/mol. The number of rotatable bonds is 3. The largest absolute Gasteiger partial charge is 0.416 e. The predicted molar refractivity (Wildman–Crippen MR) is 58.2 cm³/mol. The van der Waals surface area contributed by atoms with Gasteiger partial charge >= 0.3 is 12.4 Å². The van der Waals surface area contributed by atoms with Crippen molar-refractivity contribution in [2.45, 2.75) is 38.2 Å². The number of nitrogens with two attached hydrogens (primary N) is 1. The normalized spacial score (nSPS) is 14.4. The molecule has 0 aliphatic rings. The summed E-state index contributed by atoms with van der Waals surface area (Å²) in [6, 6.07) is -1.37. The van der Waals surface area contributed by atoms with Gasteiger partial charge in [-0.05, 0) is 18.6 Å². The Morgan fingerprint density at radius 1 is 1.05 bits per heavy atom. The molecule has 1 atom stereocenters. The lowest BCUT2D eigenvalue weighted by Gasteiger charge is -2.20. The van der Waals surface area contributed by atoms with Crippen LogP contribution in [0.1, 0.15) is 42.5 Å². The summed E-state index contributed by atoms with van der Waals surface area (Å²) in [4.78, 5) is 0. The van der Waals surface area contributed by atoms with Gasteiger partial charge in [0, 0.05) is 11.6 Å². The smallest absolute Gasteiger partial charge is 0.324 e. The minimum Gasteiger partial charge on any atom is -0.324 e. The molecule has 1 rings (SSSR count). The van der Waals surface area contributed by atoms with Crippen LogP contribution in [-0.4, -0.2) is 0 Å². The lowest BCUT2D eigenvalue weighted by atomic mass is 9.94. The molecular formula is C12H12F7N. The van der Waals surface area contributed by atoms with Gasteiger partial charge in [0.05, 0.1) is 11.1 Å². The van der Waals surface area contributed by atoms with E-state index in [1.807, 2.05) is 0 Å².